The summed E-state index contributed by atoms with van der Waals surface area (Å²) in [6.45, 7) is 1.56. The van der Waals surface area contributed by atoms with Crippen molar-refractivity contribution in [1.29, 1.82) is 0 Å². The molecule has 2 aliphatic rings. The summed E-state index contributed by atoms with van der Waals surface area (Å²) in [4.78, 5) is 13.9. The molecule has 0 aromatic heterocycles. The van der Waals surface area contributed by atoms with Crippen LogP contribution in [0, 0.1) is 5.92 Å². The average Bonchev–Trinajstić information content (AvgIpc) is 2.82. The minimum Gasteiger partial charge on any atom is -0.497 e. The van der Waals surface area contributed by atoms with Crippen LogP contribution in [0.15, 0.2) is 24.3 Å². The van der Waals surface area contributed by atoms with Gasteiger partial charge in [-0.2, -0.15) is 0 Å². The van der Waals surface area contributed by atoms with Crippen LogP contribution in [0.3, 0.4) is 0 Å². The van der Waals surface area contributed by atoms with Crippen molar-refractivity contribution < 1.29 is 14.6 Å². The molecule has 1 heterocycles. The Labute approximate surface area is 119 Å². The number of aliphatic carboxylic acids is 1. The van der Waals surface area contributed by atoms with E-state index in [9.17, 15) is 9.90 Å². The van der Waals surface area contributed by atoms with Crippen molar-refractivity contribution >= 4 is 5.97 Å². The largest absolute Gasteiger partial charge is 0.497 e. The third kappa shape index (κ3) is 2.40. The number of nitrogens with zero attached hydrogens (tertiary/aromatic N) is 1. The van der Waals surface area contributed by atoms with Crippen LogP contribution >= 0.6 is 0 Å². The first-order valence-corrected chi connectivity index (χ1v) is 7.30. The lowest BCUT2D eigenvalue weighted by atomic mass is 9.89. The molecule has 0 spiro atoms. The number of rotatable bonds is 4. The highest BCUT2D eigenvalue weighted by atomic mass is 16.5. The van der Waals surface area contributed by atoms with Gasteiger partial charge in [-0.3, -0.25) is 9.69 Å². The number of carboxylic acids is 1. The Bertz CT molecular complexity index is 481. The summed E-state index contributed by atoms with van der Waals surface area (Å²) in [6.07, 6.45) is 3.73. The highest BCUT2D eigenvalue weighted by Crippen LogP contribution is 2.38. The molecule has 2 atom stereocenters. The van der Waals surface area contributed by atoms with Gasteiger partial charge in [0.05, 0.1) is 13.0 Å². The second-order valence-electron chi connectivity index (χ2n) is 5.86. The maximum Gasteiger partial charge on any atom is 0.308 e. The van der Waals surface area contributed by atoms with E-state index < -0.39 is 5.97 Å². The minimum atomic E-state index is -0.673. The number of carboxylic acid groups (broad SMARTS) is 1. The monoisotopic (exact) mass is 275 g/mol. The predicted molar refractivity (Wildman–Crippen MR) is 76.1 cm³/mol. The first-order valence-electron chi connectivity index (χ1n) is 7.30. The van der Waals surface area contributed by atoms with Crippen molar-refractivity contribution in [2.75, 3.05) is 20.2 Å². The van der Waals surface area contributed by atoms with Crippen LogP contribution in [0.1, 0.15) is 30.7 Å². The van der Waals surface area contributed by atoms with Gasteiger partial charge >= 0.3 is 5.97 Å². The van der Waals surface area contributed by atoms with Gasteiger partial charge in [0, 0.05) is 25.0 Å². The molecule has 4 heteroatoms. The summed E-state index contributed by atoms with van der Waals surface area (Å²) >= 11 is 0. The lowest BCUT2D eigenvalue weighted by molar-refractivity contribution is -0.141. The molecule has 1 N–H and O–H groups in total. The molecule has 20 heavy (non-hydrogen) atoms. The van der Waals surface area contributed by atoms with Crippen molar-refractivity contribution in [2.24, 2.45) is 5.92 Å². The van der Waals surface area contributed by atoms with Crippen LogP contribution < -0.4 is 4.74 Å². The fourth-order valence-electron chi connectivity index (χ4n) is 3.32. The van der Waals surface area contributed by atoms with E-state index >= 15 is 0 Å². The van der Waals surface area contributed by atoms with Gasteiger partial charge in [0.2, 0.25) is 0 Å². The molecule has 1 aliphatic heterocycles. The van der Waals surface area contributed by atoms with Crippen molar-refractivity contribution in [2.45, 2.75) is 31.2 Å². The number of benzene rings is 1. The van der Waals surface area contributed by atoms with Crippen molar-refractivity contribution in [3.05, 3.63) is 29.8 Å². The molecule has 1 aliphatic carbocycles. The van der Waals surface area contributed by atoms with Gasteiger partial charge in [-0.1, -0.05) is 18.6 Å². The molecule has 0 amide bonds. The van der Waals surface area contributed by atoms with Crippen LogP contribution in [0.25, 0.3) is 0 Å². The molecule has 1 aromatic rings. The van der Waals surface area contributed by atoms with Crippen LogP contribution in [0.4, 0.5) is 0 Å². The van der Waals surface area contributed by atoms with Crippen molar-refractivity contribution in [1.82, 2.24) is 4.90 Å². The summed E-state index contributed by atoms with van der Waals surface area (Å²) in [5.74, 6) is -0.0508. The molecule has 2 fully saturated rings. The molecule has 1 saturated heterocycles. The Morgan fingerprint density at radius 1 is 1.25 bits per heavy atom. The standard InChI is InChI=1S/C16H21NO3/c1-20-13-7-5-11(6-8-13)14-9-17(12-3-2-4-12)10-15(14)16(18)19/h5-8,12,14-15H,2-4,9-10H2,1H3,(H,18,19)/t14-,15+/m0/s1. The first-order chi connectivity index (χ1) is 9.69. The lowest BCUT2D eigenvalue weighted by Gasteiger charge is -2.34. The Morgan fingerprint density at radius 2 is 1.95 bits per heavy atom. The molecule has 1 saturated carbocycles. The Hall–Kier alpha value is -1.55. The third-order valence-electron chi connectivity index (χ3n) is 4.80. The van der Waals surface area contributed by atoms with Gasteiger partial charge < -0.3 is 9.84 Å². The average molecular weight is 275 g/mol. The summed E-state index contributed by atoms with van der Waals surface area (Å²) in [5, 5.41) is 9.48. The second-order valence-corrected chi connectivity index (χ2v) is 5.86. The summed E-state index contributed by atoms with van der Waals surface area (Å²) in [6, 6.07) is 8.45. The fraction of sp³-hybridized carbons (Fsp3) is 0.562. The van der Waals surface area contributed by atoms with Gasteiger partial charge in [-0.15, -0.1) is 0 Å². The highest BCUT2D eigenvalue weighted by Gasteiger charge is 2.41. The van der Waals surface area contributed by atoms with E-state index in [1.165, 1.54) is 19.3 Å². The van der Waals surface area contributed by atoms with Crippen LogP contribution in [-0.2, 0) is 4.79 Å². The van der Waals surface area contributed by atoms with Gasteiger partial charge in [0.15, 0.2) is 0 Å². The van der Waals surface area contributed by atoms with Crippen molar-refractivity contribution in [3.8, 4) is 5.75 Å². The Morgan fingerprint density at radius 3 is 2.45 bits per heavy atom. The Balaban J connectivity index is 1.79. The van der Waals surface area contributed by atoms with E-state index in [1.807, 2.05) is 24.3 Å². The summed E-state index contributed by atoms with van der Waals surface area (Å²) in [7, 11) is 1.64. The smallest absolute Gasteiger partial charge is 0.308 e. The van der Waals surface area contributed by atoms with E-state index in [1.54, 1.807) is 7.11 Å². The molecular weight excluding hydrogens is 254 g/mol. The maximum atomic E-state index is 11.5. The number of methoxy groups -OCH3 is 1. The zero-order valence-corrected chi connectivity index (χ0v) is 11.8. The zero-order chi connectivity index (χ0) is 14.1. The molecule has 1 aromatic carbocycles. The zero-order valence-electron chi connectivity index (χ0n) is 11.8. The van der Waals surface area contributed by atoms with Crippen LogP contribution in [0.2, 0.25) is 0 Å². The van der Waals surface area contributed by atoms with E-state index in [-0.39, 0.29) is 11.8 Å². The van der Waals surface area contributed by atoms with E-state index in [0.29, 0.717) is 12.6 Å². The predicted octanol–water partition coefficient (Wildman–Crippen LogP) is 2.35. The number of hydrogen-bond donors (Lipinski definition) is 1. The number of carbonyl (C=O) groups is 1. The number of hydrogen-bond acceptors (Lipinski definition) is 3. The fourth-order valence-corrected chi connectivity index (χ4v) is 3.32. The van der Waals surface area contributed by atoms with Crippen LogP contribution in [-0.4, -0.2) is 42.2 Å². The van der Waals surface area contributed by atoms with Crippen LogP contribution in [0.5, 0.6) is 5.75 Å². The van der Waals surface area contributed by atoms with Gasteiger partial charge in [0.1, 0.15) is 5.75 Å². The van der Waals surface area contributed by atoms with Gasteiger partial charge in [-0.05, 0) is 30.5 Å². The van der Waals surface area contributed by atoms with E-state index in [4.69, 9.17) is 4.74 Å². The molecule has 0 radical (unpaired) electrons. The summed E-state index contributed by atoms with van der Waals surface area (Å²) < 4.78 is 5.17. The number of likely N-dealkylation sites (tertiary alicyclic amines) is 1. The first kappa shape index (κ1) is 13.4. The van der Waals surface area contributed by atoms with E-state index in [0.717, 1.165) is 17.9 Å². The molecule has 3 rings (SSSR count). The topological polar surface area (TPSA) is 49.8 Å². The third-order valence-corrected chi connectivity index (χ3v) is 4.80. The Kier molecular flexibility index (Phi) is 3.66. The molecular formula is C16H21NO3. The second kappa shape index (κ2) is 5.44. The van der Waals surface area contributed by atoms with Gasteiger partial charge in [0.25, 0.3) is 0 Å². The maximum absolute atomic E-state index is 11.5. The molecule has 0 unspecified atom stereocenters. The summed E-state index contributed by atoms with van der Waals surface area (Å²) in [5.41, 5.74) is 1.11. The lowest BCUT2D eigenvalue weighted by Crippen LogP contribution is -2.38. The van der Waals surface area contributed by atoms with Crippen molar-refractivity contribution in [3.63, 3.8) is 0 Å². The quantitative estimate of drug-likeness (QED) is 0.916. The molecule has 108 valence electrons. The molecule has 4 nitrogen and oxygen atoms in total. The van der Waals surface area contributed by atoms with Gasteiger partial charge in [-0.25, -0.2) is 0 Å². The normalized spacial score (nSPS) is 27.2. The minimum absolute atomic E-state index is 0.0963. The molecule has 0 bridgehead atoms. The highest BCUT2D eigenvalue weighted by molar-refractivity contribution is 5.72. The SMILES string of the molecule is COc1ccc([C@@H]2CN(C3CCC3)C[C@H]2C(=O)O)cc1. The van der Waals surface area contributed by atoms with E-state index in [2.05, 4.69) is 4.90 Å². The number of ether oxygens (including phenoxy) is 1.